The first kappa shape index (κ1) is 88.3. The average molecular weight is 1870 g/mol. The summed E-state index contributed by atoms with van der Waals surface area (Å²) < 4.78 is 74.7. The van der Waals surface area contributed by atoms with E-state index < -0.39 is 413 Å². The lowest BCUT2D eigenvalue weighted by molar-refractivity contribution is -0.283. The number of benzene rings is 10. The van der Waals surface area contributed by atoms with Gasteiger partial charge in [-0.2, -0.15) is 0 Å². The van der Waals surface area contributed by atoms with Crippen molar-refractivity contribution in [1.82, 2.24) is 0 Å². The van der Waals surface area contributed by atoms with Gasteiger partial charge in [-0.3, -0.25) is 0 Å². The molecule has 10 aromatic rings. The van der Waals surface area contributed by atoms with Crippen LogP contribution in [0, 0.1) is 0 Å². The second-order valence-corrected chi connectivity index (χ2v) is 29.4. The lowest BCUT2D eigenvalue weighted by Gasteiger charge is -2.44. The third kappa shape index (κ3) is 13.9. The van der Waals surface area contributed by atoms with E-state index >= 15 is 38.4 Å². The summed E-state index contributed by atoms with van der Waals surface area (Å²) in [6.45, 7) is -3.12. The van der Waals surface area contributed by atoms with E-state index in [1.165, 1.54) is 0 Å². The molecule has 0 bridgehead atoms. The number of hydrogen-bond donors (Lipinski definition) is 29. The monoisotopic (exact) mass is 1870 g/mol. The Morgan fingerprint density at radius 1 is 0.239 bits per heavy atom. The Labute approximate surface area is 734 Å². The molecule has 0 aromatic heterocycles. The van der Waals surface area contributed by atoms with E-state index in [1.54, 1.807) is 0 Å². The zero-order valence-corrected chi connectivity index (χ0v) is 65.4. The van der Waals surface area contributed by atoms with Gasteiger partial charge in [0, 0.05) is 50.6 Å². The molecular formula is C82H54O52. The maximum absolute atomic E-state index is 15.4. The van der Waals surface area contributed by atoms with Crippen molar-refractivity contribution in [3.63, 3.8) is 0 Å². The van der Waals surface area contributed by atoms with Crippen molar-refractivity contribution in [2.45, 2.75) is 61.4 Å². The van der Waals surface area contributed by atoms with Crippen LogP contribution < -0.4 is 4.74 Å². The Hall–Kier alpha value is -19.2. The van der Waals surface area contributed by atoms with E-state index in [-0.39, 0.29) is 54.6 Å². The molecule has 6 heterocycles. The minimum Gasteiger partial charge on any atom is -0.504 e. The number of esters is 10. The Morgan fingerprint density at radius 3 is 0.739 bits per heavy atom. The van der Waals surface area contributed by atoms with Crippen LogP contribution >= 0.6 is 0 Å². The van der Waals surface area contributed by atoms with Crippen molar-refractivity contribution >= 4 is 59.7 Å². The lowest BCUT2D eigenvalue weighted by Crippen LogP contribution is -2.63. The Balaban J connectivity index is 0.804. The van der Waals surface area contributed by atoms with Gasteiger partial charge in [-0.25, -0.2) is 47.9 Å². The van der Waals surface area contributed by atoms with E-state index in [0.717, 1.165) is 0 Å². The fourth-order valence-electron chi connectivity index (χ4n) is 15.2. The van der Waals surface area contributed by atoms with Gasteiger partial charge in [0.1, 0.15) is 31.0 Å². The zero-order chi connectivity index (χ0) is 97.2. The van der Waals surface area contributed by atoms with Crippen LogP contribution in [0.1, 0.15) is 104 Å². The normalized spacial score (nSPS) is 20.1. The van der Waals surface area contributed by atoms with Gasteiger partial charge in [-0.05, 0) is 60.7 Å². The van der Waals surface area contributed by atoms with E-state index in [2.05, 4.69) is 0 Å². The first-order valence-electron chi connectivity index (χ1n) is 37.2. The molecule has 2 fully saturated rings. The van der Waals surface area contributed by atoms with Gasteiger partial charge in [0.05, 0.1) is 50.1 Å². The van der Waals surface area contributed by atoms with Crippen LogP contribution in [0.4, 0.5) is 0 Å². The third-order valence-electron chi connectivity index (χ3n) is 21.6. The highest BCUT2D eigenvalue weighted by atomic mass is 16.8. The first-order valence-corrected chi connectivity index (χ1v) is 37.2. The van der Waals surface area contributed by atoms with E-state index in [4.69, 9.17) is 61.6 Å². The van der Waals surface area contributed by atoms with Gasteiger partial charge in [0.15, 0.2) is 139 Å². The molecule has 0 radical (unpaired) electrons. The van der Waals surface area contributed by atoms with Crippen molar-refractivity contribution < 1.29 is 258 Å². The van der Waals surface area contributed by atoms with Gasteiger partial charge >= 0.3 is 59.7 Å². The fourth-order valence-corrected chi connectivity index (χ4v) is 15.2. The van der Waals surface area contributed by atoms with E-state index in [9.17, 15) is 158 Å². The summed E-state index contributed by atoms with van der Waals surface area (Å²) >= 11 is 0. The molecule has 2 saturated heterocycles. The number of phenols is 29. The number of carbonyl (C=O) groups excluding carboxylic acids is 10. The van der Waals surface area contributed by atoms with Gasteiger partial charge in [-0.15, -0.1) is 0 Å². The summed E-state index contributed by atoms with van der Waals surface area (Å²) in [5.74, 6) is -68.5. The fraction of sp³-hybridized carbons (Fsp3) is 0.146. The van der Waals surface area contributed by atoms with Crippen molar-refractivity contribution in [3.05, 3.63) is 122 Å². The number of hydrogen-bond acceptors (Lipinski definition) is 52. The summed E-state index contributed by atoms with van der Waals surface area (Å²) in [5, 5.41) is 322. The summed E-state index contributed by atoms with van der Waals surface area (Å²) in [6, 6.07) is 2.87. The summed E-state index contributed by atoms with van der Waals surface area (Å²) in [7, 11) is 0. The predicted octanol–water partition coefficient (Wildman–Crippen LogP) is 3.69. The van der Waals surface area contributed by atoms with Crippen LogP contribution in [-0.2, 0) is 56.8 Å². The third-order valence-corrected chi connectivity index (χ3v) is 21.6. The average Bonchev–Trinajstić information content (AvgIpc) is 1.19. The SMILES string of the molecule is O=C(O[C@H]1O[C@@H]2COC(=O)c3cc(O)c(O)c(O)c3-c3c(cc(O)c(O)c3O)C(=O)O[C@H]2[C@@H]2OC(=O)c3cc(O)c(O)c(O)c3-c3c(cc(O)c(O)c3O)C(=O)O[C@@H]12)c1cc(O)c(O)c(Oc2c(C(=O)O[C@H]3O[C@@H]4COC(=O)c5cc(O)c(O)c(O)c5-c5c(cc(O)c(O)c5O)C(=O)O[C@H]4[C@@H]4OC(=O)c5cc(O)c(O)c(O)c5-c5c(cc(O)c(O)c5O)C(=O)O[C@@H]34)cc(O)c(O)c2O)c1. The molecule has 0 aliphatic carbocycles. The number of rotatable bonds is 6. The largest absolute Gasteiger partial charge is 0.504 e. The summed E-state index contributed by atoms with van der Waals surface area (Å²) in [4.78, 5) is 150. The van der Waals surface area contributed by atoms with Crippen LogP contribution in [0.2, 0.25) is 0 Å². The molecule has 6 aliphatic rings. The Kier molecular flexibility index (Phi) is 20.9. The molecule has 52 heteroatoms. The molecule has 10 atom stereocenters. The van der Waals surface area contributed by atoms with Crippen molar-refractivity contribution in [2.75, 3.05) is 13.2 Å². The second-order valence-electron chi connectivity index (χ2n) is 29.4. The molecule has 29 N–H and O–H groups in total. The highest BCUT2D eigenvalue weighted by Crippen LogP contribution is 2.61. The summed E-state index contributed by atoms with van der Waals surface area (Å²) in [6.07, 6.45) is -28.4. The molecule has 10 aromatic carbocycles. The smallest absolute Gasteiger partial charge is 0.344 e. The Bertz CT molecular complexity index is 6980. The molecular weight excluding hydrogens is 1820 g/mol. The minimum absolute atomic E-state index is 0.111. The quantitative estimate of drug-likeness (QED) is 0.0641. The van der Waals surface area contributed by atoms with Gasteiger partial charge in [-0.1, -0.05) is 0 Å². The standard InChI is InChI=1S/C82H54O52/c83-24-1-14(71(112)133-81-69-67(129-76(117)19-7-29(88)50(98)59(107)41(19)43-21(78(119)131-69)9-31(90)52(100)61(43)109)65-35(125-81)12-122-72(113)15-3-25(84)46(94)55(103)37(15)39-17(74(115)127-65)5-27(86)48(96)57(39)105)2-34(45(24)93)124-64-23(11-33(92)54(102)63(64)111)80(121)134-82-70-68(130-77(118)20-8-30(89)51(99)60(108)42(20)44-22(79(120)132-70)10-32(91)53(101)62(44)110)66-36(126-82)13-123-73(114)16-4-26(85)47(95)56(104)38(16)40-18(75(116)128-66)6-28(87)49(97)58(40)106/h1-11,35-36,65-70,81-111H,12-13H2/t35-,36-,65-,66-,67+,68+,69-,70-,81-,82-/m1/s1. The number of ether oxygens (including phenoxy) is 13. The molecule has 0 spiro atoms. The van der Waals surface area contributed by atoms with Crippen LogP contribution in [0.15, 0.2) is 66.7 Å². The Morgan fingerprint density at radius 2 is 0.463 bits per heavy atom. The predicted molar refractivity (Wildman–Crippen MR) is 413 cm³/mol. The van der Waals surface area contributed by atoms with Gasteiger partial charge < -0.3 is 210 Å². The molecule has 0 amide bonds. The van der Waals surface area contributed by atoms with E-state index in [1.807, 2.05) is 0 Å². The van der Waals surface area contributed by atoms with Crippen molar-refractivity contribution in [2.24, 2.45) is 0 Å². The molecule has 0 unspecified atom stereocenters. The van der Waals surface area contributed by atoms with Crippen LogP contribution in [-0.4, -0.2) is 282 Å². The van der Waals surface area contributed by atoms with Crippen LogP contribution in [0.25, 0.3) is 44.5 Å². The lowest BCUT2D eigenvalue weighted by atomic mass is 9.91. The molecule has 694 valence electrons. The molecule has 6 aliphatic heterocycles. The number of aromatic hydroxyl groups is 29. The molecule has 52 nitrogen and oxygen atoms in total. The molecule has 16 rings (SSSR count). The van der Waals surface area contributed by atoms with Crippen molar-refractivity contribution in [3.8, 4) is 223 Å². The van der Waals surface area contributed by atoms with Gasteiger partial charge in [0.25, 0.3) is 0 Å². The second kappa shape index (κ2) is 31.7. The molecule has 134 heavy (non-hydrogen) atoms. The number of phenolic OH excluding ortho intramolecular Hbond substituents is 29. The van der Waals surface area contributed by atoms with Crippen molar-refractivity contribution in [1.29, 1.82) is 0 Å². The summed E-state index contributed by atoms with van der Waals surface area (Å²) in [5.41, 5.74) is -23.2. The van der Waals surface area contributed by atoms with Crippen LogP contribution in [0.5, 0.6) is 178 Å². The van der Waals surface area contributed by atoms with E-state index in [0.29, 0.717) is 12.1 Å². The zero-order valence-electron chi connectivity index (χ0n) is 65.4. The first-order chi connectivity index (χ1) is 63.1. The van der Waals surface area contributed by atoms with Crippen LogP contribution in [0.3, 0.4) is 0 Å². The number of fused-ring (bicyclic) bond motifs is 18. The maximum atomic E-state index is 15.4. The van der Waals surface area contributed by atoms with Gasteiger partial charge in [0.2, 0.25) is 88.0 Å². The number of carbonyl (C=O) groups is 10. The highest BCUT2D eigenvalue weighted by Gasteiger charge is 2.59. The molecule has 0 saturated carbocycles. The number of cyclic esters (lactones) is 2. The topological polar surface area (TPSA) is 877 Å². The highest BCUT2D eigenvalue weighted by molar-refractivity contribution is 6.13. The maximum Gasteiger partial charge on any atom is 0.344 e. The minimum atomic E-state index is -3.08.